The SMILES string of the molecule is Cc1nc(Cn2c(=O)c3c(nc(Br)n3CC3=CC3(C)C)n(C)c2=O)nc2ccccc12. The van der Waals surface area contributed by atoms with Gasteiger partial charge in [0.15, 0.2) is 15.9 Å². The summed E-state index contributed by atoms with van der Waals surface area (Å²) in [7, 11) is 1.62. The summed E-state index contributed by atoms with van der Waals surface area (Å²) in [6.07, 6.45) is 2.16. The number of hydrogen-bond acceptors (Lipinski definition) is 5. The van der Waals surface area contributed by atoms with Gasteiger partial charge in [0.05, 0.1) is 12.1 Å². The van der Waals surface area contributed by atoms with Crippen LogP contribution in [-0.2, 0) is 20.1 Å². The van der Waals surface area contributed by atoms with Crippen LogP contribution in [0.3, 0.4) is 0 Å². The summed E-state index contributed by atoms with van der Waals surface area (Å²) >= 11 is 3.46. The lowest BCUT2D eigenvalue weighted by Crippen LogP contribution is -2.40. The molecule has 9 heteroatoms. The summed E-state index contributed by atoms with van der Waals surface area (Å²) in [5, 5.41) is 0.948. The Kier molecular flexibility index (Phi) is 4.30. The molecule has 3 aromatic heterocycles. The van der Waals surface area contributed by atoms with Crippen LogP contribution in [0.1, 0.15) is 25.4 Å². The number of nitrogens with zero attached hydrogens (tertiary/aromatic N) is 6. The first kappa shape index (κ1) is 19.9. The van der Waals surface area contributed by atoms with Gasteiger partial charge in [-0.2, -0.15) is 0 Å². The molecular weight excluding hydrogens is 460 g/mol. The highest BCUT2D eigenvalue weighted by Crippen LogP contribution is 2.44. The lowest BCUT2D eigenvalue weighted by Gasteiger charge is -2.11. The van der Waals surface area contributed by atoms with Gasteiger partial charge in [-0.1, -0.05) is 38.1 Å². The Bertz CT molecular complexity index is 1540. The molecule has 0 saturated heterocycles. The van der Waals surface area contributed by atoms with Gasteiger partial charge in [0, 0.05) is 30.1 Å². The van der Waals surface area contributed by atoms with Crippen LogP contribution >= 0.6 is 15.9 Å². The number of halogens is 1. The van der Waals surface area contributed by atoms with E-state index < -0.39 is 11.2 Å². The summed E-state index contributed by atoms with van der Waals surface area (Å²) in [5.41, 5.74) is 2.75. The molecule has 0 amide bonds. The van der Waals surface area contributed by atoms with Gasteiger partial charge in [-0.3, -0.25) is 13.9 Å². The topological polar surface area (TPSA) is 87.6 Å². The average molecular weight is 481 g/mol. The van der Waals surface area contributed by atoms with Crippen molar-refractivity contribution in [2.45, 2.75) is 33.9 Å². The highest BCUT2D eigenvalue weighted by molar-refractivity contribution is 9.10. The molecule has 0 bridgehead atoms. The second-order valence-electron chi connectivity index (χ2n) is 8.51. The molecule has 1 aliphatic carbocycles. The fourth-order valence-electron chi connectivity index (χ4n) is 3.96. The van der Waals surface area contributed by atoms with Gasteiger partial charge >= 0.3 is 5.69 Å². The molecule has 31 heavy (non-hydrogen) atoms. The molecule has 0 saturated carbocycles. The number of fused-ring (bicyclic) bond motifs is 2. The number of imidazole rings is 1. The van der Waals surface area contributed by atoms with Crippen LogP contribution in [0.25, 0.3) is 22.1 Å². The number of para-hydroxylation sites is 1. The third-order valence-corrected chi connectivity index (χ3v) is 6.54. The van der Waals surface area contributed by atoms with Gasteiger partial charge in [-0.25, -0.2) is 19.7 Å². The molecule has 0 spiro atoms. The maximum Gasteiger partial charge on any atom is 0.332 e. The molecule has 0 radical (unpaired) electrons. The Morgan fingerprint density at radius 1 is 1.03 bits per heavy atom. The van der Waals surface area contributed by atoms with Gasteiger partial charge < -0.3 is 4.57 Å². The first-order valence-electron chi connectivity index (χ1n) is 9.97. The van der Waals surface area contributed by atoms with E-state index in [1.165, 1.54) is 14.7 Å². The van der Waals surface area contributed by atoms with Crippen LogP contribution < -0.4 is 11.2 Å². The van der Waals surface area contributed by atoms with Crippen LogP contribution in [0.2, 0.25) is 0 Å². The normalized spacial score (nSPS) is 14.9. The predicted octanol–water partition coefficient (Wildman–Crippen LogP) is 2.93. The second kappa shape index (κ2) is 6.71. The molecular formula is C22H21BrN6O2. The molecule has 0 N–H and O–H groups in total. The Morgan fingerprint density at radius 3 is 2.45 bits per heavy atom. The molecule has 8 nitrogen and oxygen atoms in total. The molecule has 158 valence electrons. The molecule has 1 aliphatic rings. The van der Waals surface area contributed by atoms with Crippen molar-refractivity contribution in [1.82, 2.24) is 28.7 Å². The molecule has 0 unspecified atom stereocenters. The molecule has 0 aliphatic heterocycles. The minimum absolute atomic E-state index is 0.00981. The van der Waals surface area contributed by atoms with E-state index in [2.05, 4.69) is 50.8 Å². The summed E-state index contributed by atoms with van der Waals surface area (Å²) in [5.74, 6) is 0.422. The van der Waals surface area contributed by atoms with E-state index in [1.54, 1.807) is 7.05 Å². The average Bonchev–Trinajstić information content (AvgIpc) is 3.19. The maximum absolute atomic E-state index is 13.4. The van der Waals surface area contributed by atoms with Crippen LogP contribution in [0.5, 0.6) is 0 Å². The van der Waals surface area contributed by atoms with Crippen molar-refractivity contribution in [1.29, 1.82) is 0 Å². The first-order chi connectivity index (χ1) is 14.7. The van der Waals surface area contributed by atoms with Crippen molar-refractivity contribution in [3.8, 4) is 0 Å². The Morgan fingerprint density at radius 2 is 1.74 bits per heavy atom. The highest BCUT2D eigenvalue weighted by Gasteiger charge is 2.34. The number of aryl methyl sites for hydroxylation is 2. The maximum atomic E-state index is 13.4. The number of benzene rings is 1. The van der Waals surface area contributed by atoms with E-state index in [0.717, 1.165) is 16.6 Å². The van der Waals surface area contributed by atoms with Crippen LogP contribution in [0.15, 0.2) is 50.2 Å². The third-order valence-electron chi connectivity index (χ3n) is 5.93. The minimum atomic E-state index is -0.449. The van der Waals surface area contributed by atoms with E-state index in [0.29, 0.717) is 28.3 Å². The molecule has 0 fully saturated rings. The molecule has 3 heterocycles. The summed E-state index contributed by atoms with van der Waals surface area (Å²) in [6.45, 7) is 6.69. The van der Waals surface area contributed by atoms with Crippen molar-refractivity contribution in [2.75, 3.05) is 0 Å². The van der Waals surface area contributed by atoms with Crippen LogP contribution in [0.4, 0.5) is 0 Å². The Balaban J connectivity index is 1.67. The molecule has 4 aromatic rings. The van der Waals surface area contributed by atoms with Gasteiger partial charge in [0.2, 0.25) is 0 Å². The largest absolute Gasteiger partial charge is 0.332 e. The lowest BCUT2D eigenvalue weighted by atomic mass is 10.1. The fraction of sp³-hybridized carbons (Fsp3) is 0.318. The summed E-state index contributed by atoms with van der Waals surface area (Å²) < 4.78 is 4.93. The van der Waals surface area contributed by atoms with E-state index >= 15 is 0 Å². The highest BCUT2D eigenvalue weighted by atomic mass is 79.9. The van der Waals surface area contributed by atoms with Gasteiger partial charge in [-0.05, 0) is 34.5 Å². The number of allylic oxidation sites excluding steroid dienone is 2. The molecule has 5 rings (SSSR count). The van der Waals surface area contributed by atoms with E-state index in [1.807, 2.05) is 35.8 Å². The summed E-state index contributed by atoms with van der Waals surface area (Å²) in [4.78, 5) is 40.0. The standard InChI is InChI=1S/C22H21BrN6O2/c1-12-14-7-5-6-8-15(14)25-16(24-12)11-29-19(30)17-18(27(4)21(29)31)26-20(23)28(17)10-13-9-22(13,2)3/h5-9H,10-11H2,1-4H3. The Hall–Kier alpha value is -3.07. The van der Waals surface area contributed by atoms with E-state index in [9.17, 15) is 9.59 Å². The van der Waals surface area contributed by atoms with Gasteiger partial charge in [-0.15, -0.1) is 0 Å². The van der Waals surface area contributed by atoms with Gasteiger partial charge in [0.25, 0.3) is 5.56 Å². The van der Waals surface area contributed by atoms with Crippen molar-refractivity contribution < 1.29 is 0 Å². The van der Waals surface area contributed by atoms with Gasteiger partial charge in [0.1, 0.15) is 5.82 Å². The zero-order valence-corrected chi connectivity index (χ0v) is 19.3. The molecule has 1 aromatic carbocycles. The second-order valence-corrected chi connectivity index (χ2v) is 9.22. The van der Waals surface area contributed by atoms with Crippen molar-refractivity contribution in [3.05, 3.63) is 73.0 Å². The summed E-state index contributed by atoms with van der Waals surface area (Å²) in [6, 6.07) is 7.69. The molecule has 0 atom stereocenters. The lowest BCUT2D eigenvalue weighted by molar-refractivity contribution is 0.624. The fourth-order valence-corrected chi connectivity index (χ4v) is 4.43. The smallest absolute Gasteiger partial charge is 0.308 e. The number of aromatic nitrogens is 6. The zero-order valence-electron chi connectivity index (χ0n) is 17.7. The number of hydrogen-bond donors (Lipinski definition) is 0. The Labute approximate surface area is 186 Å². The first-order valence-corrected chi connectivity index (χ1v) is 10.8. The number of rotatable bonds is 4. The zero-order chi connectivity index (χ0) is 22.1. The van der Waals surface area contributed by atoms with Crippen molar-refractivity contribution in [3.63, 3.8) is 0 Å². The van der Waals surface area contributed by atoms with Crippen molar-refractivity contribution in [2.24, 2.45) is 12.5 Å². The minimum Gasteiger partial charge on any atom is -0.308 e. The van der Waals surface area contributed by atoms with E-state index in [4.69, 9.17) is 0 Å². The van der Waals surface area contributed by atoms with Crippen molar-refractivity contribution >= 4 is 38.0 Å². The van der Waals surface area contributed by atoms with Crippen LogP contribution in [-0.4, -0.2) is 28.7 Å². The monoisotopic (exact) mass is 480 g/mol. The van der Waals surface area contributed by atoms with E-state index in [-0.39, 0.29) is 12.0 Å². The van der Waals surface area contributed by atoms with Crippen LogP contribution in [0, 0.1) is 12.3 Å². The third kappa shape index (κ3) is 3.15. The quantitative estimate of drug-likeness (QED) is 0.331. The predicted molar refractivity (Wildman–Crippen MR) is 122 cm³/mol.